The number of aromatic amines is 1. The van der Waals surface area contributed by atoms with E-state index < -0.39 is 0 Å². The molecule has 0 saturated heterocycles. The van der Waals surface area contributed by atoms with Crippen molar-refractivity contribution in [1.29, 1.82) is 0 Å². The second-order valence-corrected chi connectivity index (χ2v) is 8.06. The van der Waals surface area contributed by atoms with E-state index in [9.17, 15) is 9.18 Å². The van der Waals surface area contributed by atoms with Gasteiger partial charge in [-0.3, -0.25) is 4.79 Å². The smallest absolute Gasteiger partial charge is 0.224 e. The molecule has 6 heteroatoms. The summed E-state index contributed by atoms with van der Waals surface area (Å²) < 4.78 is 20.5. The summed E-state index contributed by atoms with van der Waals surface area (Å²) in [5, 5.41) is 2.84. The van der Waals surface area contributed by atoms with Crippen LogP contribution >= 0.6 is 0 Å². The normalized spacial score (nSPS) is 11.0. The van der Waals surface area contributed by atoms with Gasteiger partial charge in [-0.2, -0.15) is 0 Å². The molecule has 3 rings (SSSR count). The molecular weight excluding hydrogens is 405 g/mol. The minimum absolute atomic E-state index is 0.0530. The minimum Gasteiger partial charge on any atom is -0.493 e. The lowest BCUT2D eigenvalue weighted by molar-refractivity contribution is -0.117. The van der Waals surface area contributed by atoms with Crippen molar-refractivity contribution in [1.82, 2.24) is 9.97 Å². The zero-order chi connectivity index (χ0) is 22.8. The van der Waals surface area contributed by atoms with Crippen molar-refractivity contribution >= 4 is 11.6 Å². The first-order valence-corrected chi connectivity index (χ1v) is 11.4. The first kappa shape index (κ1) is 23.5. The quantitative estimate of drug-likeness (QED) is 0.345. The fourth-order valence-electron chi connectivity index (χ4n) is 3.96. The van der Waals surface area contributed by atoms with E-state index in [0.717, 1.165) is 42.7 Å². The molecule has 0 bridgehead atoms. The number of amides is 1. The largest absolute Gasteiger partial charge is 0.493 e. The average Bonchev–Trinajstić information content (AvgIpc) is 3.31. The SMILES string of the molecule is CCCC(CCC)CC(=O)Nc1ccc(CCOc2ccccc2-c2cnc[nH]2)c(F)c1. The summed E-state index contributed by atoms with van der Waals surface area (Å²) in [6.45, 7) is 4.60. The lowest BCUT2D eigenvalue weighted by Crippen LogP contribution is -2.17. The van der Waals surface area contributed by atoms with Gasteiger partial charge in [0.25, 0.3) is 0 Å². The predicted octanol–water partition coefficient (Wildman–Crippen LogP) is 6.38. The molecule has 0 saturated carbocycles. The molecule has 0 unspecified atom stereocenters. The lowest BCUT2D eigenvalue weighted by atomic mass is 9.94. The van der Waals surface area contributed by atoms with Gasteiger partial charge in [0.05, 0.1) is 24.8 Å². The topological polar surface area (TPSA) is 67.0 Å². The third-order valence-corrected chi connectivity index (χ3v) is 5.51. The van der Waals surface area contributed by atoms with E-state index in [0.29, 0.717) is 36.6 Å². The average molecular weight is 438 g/mol. The molecule has 0 aliphatic carbocycles. The number of imidazole rings is 1. The third kappa shape index (κ3) is 6.67. The minimum atomic E-state index is -0.341. The molecule has 0 spiro atoms. The second kappa shape index (κ2) is 12.0. The zero-order valence-electron chi connectivity index (χ0n) is 18.9. The summed E-state index contributed by atoms with van der Waals surface area (Å²) in [5.74, 6) is 0.709. The van der Waals surface area contributed by atoms with E-state index in [1.54, 1.807) is 24.7 Å². The number of aromatic nitrogens is 2. The molecule has 0 atom stereocenters. The summed E-state index contributed by atoms with van der Waals surface area (Å²) in [6, 6.07) is 12.5. The van der Waals surface area contributed by atoms with Gasteiger partial charge in [0.2, 0.25) is 5.91 Å². The molecular formula is C26H32FN3O2. The summed E-state index contributed by atoms with van der Waals surface area (Å²) in [7, 11) is 0. The van der Waals surface area contributed by atoms with Crippen molar-refractivity contribution < 1.29 is 13.9 Å². The molecule has 0 radical (unpaired) electrons. The number of carbonyl (C=O) groups excluding carboxylic acids is 1. The van der Waals surface area contributed by atoms with Crippen LogP contribution in [0.3, 0.4) is 0 Å². The Bertz CT molecular complexity index is 982. The second-order valence-electron chi connectivity index (χ2n) is 8.06. The van der Waals surface area contributed by atoms with Gasteiger partial charge < -0.3 is 15.0 Å². The molecule has 1 heterocycles. The van der Waals surface area contributed by atoms with Crippen LogP contribution in [0.5, 0.6) is 5.75 Å². The molecule has 0 fully saturated rings. The predicted molar refractivity (Wildman–Crippen MR) is 126 cm³/mol. The molecule has 170 valence electrons. The van der Waals surface area contributed by atoms with Gasteiger partial charge in [-0.05, 0) is 35.7 Å². The molecule has 5 nitrogen and oxygen atoms in total. The number of hydrogen-bond donors (Lipinski definition) is 2. The van der Waals surface area contributed by atoms with Crippen molar-refractivity contribution in [2.45, 2.75) is 52.4 Å². The van der Waals surface area contributed by atoms with Crippen LogP contribution in [0.2, 0.25) is 0 Å². The Morgan fingerprint density at radius 2 is 1.94 bits per heavy atom. The number of ether oxygens (including phenoxy) is 1. The Hall–Kier alpha value is -3.15. The van der Waals surface area contributed by atoms with E-state index in [1.165, 1.54) is 6.07 Å². The van der Waals surface area contributed by atoms with E-state index >= 15 is 0 Å². The molecule has 0 aliphatic rings. The van der Waals surface area contributed by atoms with Crippen LogP contribution in [0.15, 0.2) is 55.0 Å². The Kier molecular flexibility index (Phi) is 8.84. The number of benzene rings is 2. The van der Waals surface area contributed by atoms with Crippen LogP contribution in [-0.2, 0) is 11.2 Å². The number of hydrogen-bond acceptors (Lipinski definition) is 3. The molecule has 1 amide bonds. The van der Waals surface area contributed by atoms with Gasteiger partial charge in [0.15, 0.2) is 0 Å². The van der Waals surface area contributed by atoms with Gasteiger partial charge in [0, 0.05) is 24.1 Å². The number of anilines is 1. The molecule has 32 heavy (non-hydrogen) atoms. The van der Waals surface area contributed by atoms with Crippen molar-refractivity contribution in [2.75, 3.05) is 11.9 Å². The molecule has 2 aromatic carbocycles. The van der Waals surface area contributed by atoms with Gasteiger partial charge in [-0.25, -0.2) is 9.37 Å². The van der Waals surface area contributed by atoms with E-state index in [2.05, 4.69) is 29.1 Å². The maximum Gasteiger partial charge on any atom is 0.224 e. The first-order valence-electron chi connectivity index (χ1n) is 11.4. The number of rotatable bonds is 12. The zero-order valence-corrected chi connectivity index (χ0v) is 18.9. The highest BCUT2D eigenvalue weighted by Gasteiger charge is 2.14. The van der Waals surface area contributed by atoms with Crippen LogP contribution < -0.4 is 10.1 Å². The highest BCUT2D eigenvalue weighted by molar-refractivity contribution is 5.90. The van der Waals surface area contributed by atoms with Crippen molar-refractivity contribution in [3.8, 4) is 17.0 Å². The Morgan fingerprint density at radius 3 is 2.62 bits per heavy atom. The number of carbonyl (C=O) groups is 1. The van der Waals surface area contributed by atoms with Crippen LogP contribution in [0.4, 0.5) is 10.1 Å². The summed E-state index contributed by atoms with van der Waals surface area (Å²) >= 11 is 0. The number of nitrogens with zero attached hydrogens (tertiary/aromatic N) is 1. The van der Waals surface area contributed by atoms with Gasteiger partial charge in [-0.1, -0.05) is 57.7 Å². The van der Waals surface area contributed by atoms with Crippen LogP contribution in [-0.4, -0.2) is 22.5 Å². The van der Waals surface area contributed by atoms with Gasteiger partial charge >= 0.3 is 0 Å². The first-order chi connectivity index (χ1) is 15.6. The van der Waals surface area contributed by atoms with Crippen LogP contribution in [0.25, 0.3) is 11.3 Å². The van der Waals surface area contributed by atoms with E-state index in [1.807, 2.05) is 24.3 Å². The summed E-state index contributed by atoms with van der Waals surface area (Å²) in [5.41, 5.74) is 2.82. The van der Waals surface area contributed by atoms with E-state index in [-0.39, 0.29) is 11.7 Å². The maximum atomic E-state index is 14.6. The Labute approximate surface area is 189 Å². The number of para-hydroxylation sites is 1. The number of halogens is 1. The number of H-pyrrole nitrogens is 1. The molecule has 1 aromatic heterocycles. The third-order valence-electron chi connectivity index (χ3n) is 5.51. The Morgan fingerprint density at radius 1 is 1.16 bits per heavy atom. The molecule has 2 N–H and O–H groups in total. The summed E-state index contributed by atoms with van der Waals surface area (Å²) in [6.07, 6.45) is 8.47. The fraction of sp³-hybridized carbons (Fsp3) is 0.385. The van der Waals surface area contributed by atoms with Crippen molar-refractivity contribution in [3.63, 3.8) is 0 Å². The standard InChI is InChI=1S/C26H32FN3O2/c1-3-7-19(8-4-2)15-26(31)30-21-12-11-20(23(27)16-21)13-14-32-25-10-6-5-9-22(25)24-17-28-18-29-24/h5-6,9-12,16-19H,3-4,7-8,13-15H2,1-2H3,(H,28,29)(H,30,31). The Balaban J connectivity index is 1.54. The highest BCUT2D eigenvalue weighted by atomic mass is 19.1. The van der Waals surface area contributed by atoms with Gasteiger partial charge in [0.1, 0.15) is 11.6 Å². The van der Waals surface area contributed by atoms with E-state index in [4.69, 9.17) is 4.74 Å². The van der Waals surface area contributed by atoms with Crippen LogP contribution in [0, 0.1) is 11.7 Å². The monoisotopic (exact) mass is 437 g/mol. The molecule has 0 aliphatic heterocycles. The highest BCUT2D eigenvalue weighted by Crippen LogP contribution is 2.28. The fourth-order valence-corrected chi connectivity index (χ4v) is 3.96. The lowest BCUT2D eigenvalue weighted by Gasteiger charge is -2.15. The van der Waals surface area contributed by atoms with Crippen molar-refractivity contribution in [2.24, 2.45) is 5.92 Å². The van der Waals surface area contributed by atoms with Gasteiger partial charge in [-0.15, -0.1) is 0 Å². The maximum absolute atomic E-state index is 14.6. The van der Waals surface area contributed by atoms with Crippen molar-refractivity contribution in [3.05, 3.63) is 66.4 Å². The number of nitrogens with one attached hydrogen (secondary N) is 2. The summed E-state index contributed by atoms with van der Waals surface area (Å²) in [4.78, 5) is 19.5. The molecule has 3 aromatic rings. The van der Waals surface area contributed by atoms with Crippen LogP contribution in [0.1, 0.15) is 51.5 Å².